The largest absolute Gasteiger partial charge is 0.385 e. The molecule has 2 aromatic heterocycles. The average Bonchev–Trinajstić information content (AvgIpc) is 2.98. The van der Waals surface area contributed by atoms with Crippen LogP contribution in [-0.2, 0) is 6.54 Å². The first-order chi connectivity index (χ1) is 10.6. The summed E-state index contributed by atoms with van der Waals surface area (Å²) < 4.78 is 2.58. The third-order valence-electron chi connectivity index (χ3n) is 3.47. The summed E-state index contributed by atoms with van der Waals surface area (Å²) >= 11 is 1.51. The topological polar surface area (TPSA) is 70.0 Å². The van der Waals surface area contributed by atoms with Crippen LogP contribution in [0.5, 0.6) is 0 Å². The van der Waals surface area contributed by atoms with E-state index in [-0.39, 0.29) is 17.9 Å². The van der Waals surface area contributed by atoms with Crippen molar-refractivity contribution in [3.63, 3.8) is 0 Å². The molecule has 0 aliphatic carbocycles. The summed E-state index contributed by atoms with van der Waals surface area (Å²) in [5, 5.41) is 1.91. The number of rotatable bonds is 3. The summed E-state index contributed by atoms with van der Waals surface area (Å²) in [6, 6.07) is 12.5. The van der Waals surface area contributed by atoms with E-state index >= 15 is 0 Å². The summed E-state index contributed by atoms with van der Waals surface area (Å²) in [6.07, 6.45) is 0. The molecule has 0 unspecified atom stereocenters. The molecule has 2 N–H and O–H groups in total. The van der Waals surface area contributed by atoms with E-state index in [0.717, 1.165) is 10.4 Å². The molecule has 112 valence electrons. The summed E-state index contributed by atoms with van der Waals surface area (Å²) in [5.74, 6) is 0.145. The smallest absolute Gasteiger partial charge is 0.337 e. The van der Waals surface area contributed by atoms with Gasteiger partial charge >= 0.3 is 5.69 Å². The Morgan fingerprint density at radius 2 is 1.91 bits per heavy atom. The summed E-state index contributed by atoms with van der Waals surface area (Å²) in [6.45, 7) is 2.15. The van der Waals surface area contributed by atoms with Gasteiger partial charge < -0.3 is 5.73 Å². The molecular formula is C16H15N3O2S. The van der Waals surface area contributed by atoms with Gasteiger partial charge in [0, 0.05) is 10.9 Å². The molecule has 1 aromatic carbocycles. The van der Waals surface area contributed by atoms with Gasteiger partial charge in [-0.2, -0.15) is 0 Å². The average molecular weight is 313 g/mol. The van der Waals surface area contributed by atoms with E-state index in [0.29, 0.717) is 5.69 Å². The van der Waals surface area contributed by atoms with Crippen LogP contribution in [-0.4, -0.2) is 9.13 Å². The lowest BCUT2D eigenvalue weighted by Gasteiger charge is -2.14. The van der Waals surface area contributed by atoms with E-state index in [1.807, 2.05) is 48.7 Å². The van der Waals surface area contributed by atoms with Gasteiger partial charge in [-0.25, -0.2) is 9.36 Å². The third-order valence-corrected chi connectivity index (χ3v) is 4.33. The zero-order valence-corrected chi connectivity index (χ0v) is 12.8. The van der Waals surface area contributed by atoms with Crippen molar-refractivity contribution in [1.82, 2.24) is 9.13 Å². The Balaban J connectivity index is 2.22. The van der Waals surface area contributed by atoms with E-state index in [4.69, 9.17) is 5.73 Å². The monoisotopic (exact) mass is 313 g/mol. The van der Waals surface area contributed by atoms with Crippen LogP contribution >= 0.6 is 11.3 Å². The van der Waals surface area contributed by atoms with E-state index < -0.39 is 5.69 Å². The number of anilines is 1. The van der Waals surface area contributed by atoms with Crippen molar-refractivity contribution < 1.29 is 0 Å². The SMILES string of the molecule is Cc1ccccc1-n1c(N)cc(=O)n(Cc2cccs2)c1=O. The first-order valence-corrected chi connectivity index (χ1v) is 7.66. The second kappa shape index (κ2) is 5.65. The summed E-state index contributed by atoms with van der Waals surface area (Å²) in [7, 11) is 0. The number of nitrogen functional groups attached to an aromatic ring is 1. The first kappa shape index (κ1) is 14.3. The standard InChI is InChI=1S/C16H15N3O2S/c1-11-5-2-3-7-13(11)19-14(17)9-15(20)18(16(19)21)10-12-6-4-8-22-12/h2-9H,10,17H2,1H3. The van der Waals surface area contributed by atoms with Crippen molar-refractivity contribution in [1.29, 1.82) is 0 Å². The molecule has 0 spiro atoms. The molecule has 0 bridgehead atoms. The maximum Gasteiger partial charge on any atom is 0.337 e. The van der Waals surface area contributed by atoms with Crippen LogP contribution in [0.2, 0.25) is 0 Å². The summed E-state index contributed by atoms with van der Waals surface area (Å²) in [5.41, 5.74) is 6.71. The number of hydrogen-bond donors (Lipinski definition) is 1. The van der Waals surface area contributed by atoms with E-state index in [1.165, 1.54) is 26.5 Å². The van der Waals surface area contributed by atoms with Gasteiger partial charge in [0.15, 0.2) is 0 Å². The highest BCUT2D eigenvalue weighted by Crippen LogP contribution is 2.14. The Hall–Kier alpha value is -2.60. The molecule has 0 atom stereocenters. The number of nitrogens with zero attached hydrogens (tertiary/aromatic N) is 2. The molecule has 22 heavy (non-hydrogen) atoms. The number of thiophene rings is 1. The predicted molar refractivity (Wildman–Crippen MR) is 88.9 cm³/mol. The number of aryl methyl sites for hydroxylation is 1. The zero-order valence-electron chi connectivity index (χ0n) is 12.0. The minimum atomic E-state index is -0.423. The van der Waals surface area contributed by atoms with Gasteiger partial charge in [-0.1, -0.05) is 24.3 Å². The highest BCUT2D eigenvalue weighted by molar-refractivity contribution is 7.09. The van der Waals surface area contributed by atoms with Crippen LogP contribution < -0.4 is 17.0 Å². The predicted octanol–water partition coefficient (Wildman–Crippen LogP) is 2.00. The van der Waals surface area contributed by atoms with Gasteiger partial charge in [-0.3, -0.25) is 9.36 Å². The van der Waals surface area contributed by atoms with Crippen LogP contribution in [0.25, 0.3) is 5.69 Å². The molecule has 6 heteroatoms. The van der Waals surface area contributed by atoms with E-state index in [1.54, 1.807) is 0 Å². The van der Waals surface area contributed by atoms with Crippen molar-refractivity contribution in [2.24, 2.45) is 0 Å². The number of benzene rings is 1. The Kier molecular flexibility index (Phi) is 3.68. The first-order valence-electron chi connectivity index (χ1n) is 6.78. The molecule has 0 saturated heterocycles. The molecule has 0 aliphatic heterocycles. The van der Waals surface area contributed by atoms with E-state index in [9.17, 15) is 9.59 Å². The Bertz CT molecular complexity index is 923. The minimum absolute atomic E-state index is 0.145. The number of para-hydroxylation sites is 1. The van der Waals surface area contributed by atoms with Crippen molar-refractivity contribution in [2.75, 3.05) is 5.73 Å². The molecule has 0 aliphatic rings. The fourth-order valence-electron chi connectivity index (χ4n) is 2.35. The van der Waals surface area contributed by atoms with Crippen LogP contribution in [0.3, 0.4) is 0 Å². The maximum absolute atomic E-state index is 12.7. The number of aromatic nitrogens is 2. The second-order valence-electron chi connectivity index (χ2n) is 4.98. The molecule has 2 heterocycles. The molecule has 0 amide bonds. The lowest BCUT2D eigenvalue weighted by molar-refractivity contribution is 0.678. The zero-order chi connectivity index (χ0) is 15.7. The van der Waals surface area contributed by atoms with Crippen molar-refractivity contribution in [2.45, 2.75) is 13.5 Å². The molecule has 5 nitrogen and oxygen atoms in total. The Morgan fingerprint density at radius 1 is 1.14 bits per heavy atom. The van der Waals surface area contributed by atoms with Gasteiger partial charge in [0.1, 0.15) is 5.82 Å². The normalized spacial score (nSPS) is 10.8. The fourth-order valence-corrected chi connectivity index (χ4v) is 3.05. The van der Waals surface area contributed by atoms with Crippen LogP contribution in [0, 0.1) is 6.92 Å². The minimum Gasteiger partial charge on any atom is -0.385 e. The number of hydrogen-bond acceptors (Lipinski definition) is 4. The molecule has 3 rings (SSSR count). The lowest BCUT2D eigenvalue weighted by Crippen LogP contribution is -2.40. The van der Waals surface area contributed by atoms with Crippen LogP contribution in [0.15, 0.2) is 57.4 Å². The summed E-state index contributed by atoms with van der Waals surface area (Å²) in [4.78, 5) is 25.8. The molecule has 3 aromatic rings. The highest BCUT2D eigenvalue weighted by Gasteiger charge is 2.13. The van der Waals surface area contributed by atoms with Crippen molar-refractivity contribution in [3.05, 3.63) is 79.1 Å². The van der Waals surface area contributed by atoms with Gasteiger partial charge in [-0.15, -0.1) is 11.3 Å². The van der Waals surface area contributed by atoms with Gasteiger partial charge in [0.05, 0.1) is 12.2 Å². The molecular weight excluding hydrogens is 298 g/mol. The third kappa shape index (κ3) is 2.48. The lowest BCUT2D eigenvalue weighted by atomic mass is 10.2. The van der Waals surface area contributed by atoms with Gasteiger partial charge in [0.2, 0.25) is 0 Å². The van der Waals surface area contributed by atoms with Crippen LogP contribution in [0.4, 0.5) is 5.82 Å². The number of nitrogens with two attached hydrogens (primary N) is 1. The Morgan fingerprint density at radius 3 is 2.59 bits per heavy atom. The molecule has 0 radical (unpaired) electrons. The fraction of sp³-hybridized carbons (Fsp3) is 0.125. The molecule has 0 saturated carbocycles. The Labute approximate surface area is 130 Å². The molecule has 0 fully saturated rings. The highest BCUT2D eigenvalue weighted by atomic mass is 32.1. The van der Waals surface area contributed by atoms with Crippen molar-refractivity contribution >= 4 is 17.2 Å². The van der Waals surface area contributed by atoms with Gasteiger partial charge in [-0.05, 0) is 30.0 Å². The van der Waals surface area contributed by atoms with Gasteiger partial charge in [0.25, 0.3) is 5.56 Å². The van der Waals surface area contributed by atoms with Crippen molar-refractivity contribution in [3.8, 4) is 5.69 Å². The second-order valence-corrected chi connectivity index (χ2v) is 6.01. The van der Waals surface area contributed by atoms with E-state index in [2.05, 4.69) is 0 Å². The maximum atomic E-state index is 12.7. The van der Waals surface area contributed by atoms with Crippen LogP contribution in [0.1, 0.15) is 10.4 Å². The quantitative estimate of drug-likeness (QED) is 0.804.